The highest BCUT2D eigenvalue weighted by Crippen LogP contribution is 2.23. The van der Waals surface area contributed by atoms with Crippen molar-refractivity contribution in [2.24, 2.45) is 10.4 Å². The normalized spacial score (nSPS) is 18.0. The first-order chi connectivity index (χ1) is 12.4. The number of guanidine groups is 1. The standard InChI is InChI=1S/C19H30ClN5O/c1-5-22-17(26)19(2,3)13-23-18(21-4)24-15-9-10-25(12-15)16-8-6-7-14(20)11-16/h6-8,11,15H,5,9-10,12-13H2,1-4H3,(H,22,26)(H2,21,23,24). The average molecular weight is 380 g/mol. The molecule has 1 aliphatic rings. The molecule has 1 aromatic carbocycles. The molecule has 1 saturated heterocycles. The van der Waals surface area contributed by atoms with E-state index in [2.05, 4.69) is 31.9 Å². The molecule has 0 saturated carbocycles. The van der Waals surface area contributed by atoms with E-state index in [1.165, 1.54) is 0 Å². The Balaban J connectivity index is 1.86. The summed E-state index contributed by atoms with van der Waals surface area (Å²) in [5.41, 5.74) is 0.637. The van der Waals surface area contributed by atoms with Crippen molar-refractivity contribution < 1.29 is 4.79 Å². The second-order valence-electron chi connectivity index (χ2n) is 7.22. The number of rotatable bonds is 6. The van der Waals surface area contributed by atoms with Crippen LogP contribution in [0, 0.1) is 5.41 Å². The molecule has 7 heteroatoms. The molecular formula is C19H30ClN5O. The topological polar surface area (TPSA) is 68.8 Å². The van der Waals surface area contributed by atoms with Crippen molar-refractivity contribution >= 4 is 29.2 Å². The summed E-state index contributed by atoms with van der Waals surface area (Å²) in [5.74, 6) is 0.760. The van der Waals surface area contributed by atoms with Gasteiger partial charge in [0.1, 0.15) is 0 Å². The zero-order valence-electron chi connectivity index (χ0n) is 16.1. The minimum Gasteiger partial charge on any atom is -0.369 e. The van der Waals surface area contributed by atoms with Crippen molar-refractivity contribution in [3.05, 3.63) is 29.3 Å². The van der Waals surface area contributed by atoms with Gasteiger partial charge in [0, 0.05) is 50.0 Å². The number of carbonyl (C=O) groups is 1. The van der Waals surface area contributed by atoms with Crippen molar-refractivity contribution in [3.8, 4) is 0 Å². The molecule has 1 amide bonds. The molecule has 144 valence electrons. The van der Waals surface area contributed by atoms with Gasteiger partial charge in [0.05, 0.1) is 5.41 Å². The highest BCUT2D eigenvalue weighted by Gasteiger charge is 2.28. The second-order valence-corrected chi connectivity index (χ2v) is 7.66. The number of amides is 1. The van der Waals surface area contributed by atoms with E-state index in [9.17, 15) is 4.79 Å². The summed E-state index contributed by atoms with van der Waals surface area (Å²) in [6, 6.07) is 8.23. The Morgan fingerprint density at radius 1 is 1.38 bits per heavy atom. The first-order valence-electron chi connectivity index (χ1n) is 9.11. The van der Waals surface area contributed by atoms with Crippen LogP contribution in [0.3, 0.4) is 0 Å². The fourth-order valence-corrected chi connectivity index (χ4v) is 3.14. The van der Waals surface area contributed by atoms with Crippen molar-refractivity contribution in [1.82, 2.24) is 16.0 Å². The van der Waals surface area contributed by atoms with Crippen LogP contribution >= 0.6 is 11.6 Å². The monoisotopic (exact) mass is 379 g/mol. The third-order valence-corrected chi connectivity index (χ3v) is 4.81. The van der Waals surface area contributed by atoms with E-state index in [4.69, 9.17) is 11.6 Å². The fourth-order valence-electron chi connectivity index (χ4n) is 2.96. The van der Waals surface area contributed by atoms with Gasteiger partial charge in [0.15, 0.2) is 5.96 Å². The van der Waals surface area contributed by atoms with Crippen LogP contribution in [0.5, 0.6) is 0 Å². The van der Waals surface area contributed by atoms with Gasteiger partial charge >= 0.3 is 0 Å². The van der Waals surface area contributed by atoms with E-state index in [-0.39, 0.29) is 5.91 Å². The van der Waals surface area contributed by atoms with Gasteiger partial charge in [-0.25, -0.2) is 0 Å². The molecule has 1 aromatic rings. The molecule has 3 N–H and O–H groups in total. The van der Waals surface area contributed by atoms with Gasteiger partial charge in [-0.15, -0.1) is 0 Å². The molecule has 0 radical (unpaired) electrons. The zero-order valence-corrected chi connectivity index (χ0v) is 16.9. The van der Waals surface area contributed by atoms with Gasteiger partial charge in [0.25, 0.3) is 0 Å². The minimum atomic E-state index is -0.504. The maximum Gasteiger partial charge on any atom is 0.227 e. The molecule has 1 heterocycles. The van der Waals surface area contributed by atoms with Crippen LogP contribution in [-0.4, -0.2) is 51.1 Å². The lowest BCUT2D eigenvalue weighted by Crippen LogP contribution is -2.50. The molecule has 0 aromatic heterocycles. The SMILES string of the molecule is CCNC(=O)C(C)(C)CNC(=NC)NC1CCN(c2cccc(Cl)c2)C1. The van der Waals surface area contributed by atoms with Crippen LogP contribution < -0.4 is 20.9 Å². The molecule has 0 bridgehead atoms. The Bertz CT molecular complexity index is 647. The predicted octanol–water partition coefficient (Wildman–Crippen LogP) is 2.25. The van der Waals surface area contributed by atoms with Crippen molar-refractivity contribution in [2.75, 3.05) is 38.1 Å². The number of aliphatic imine (C=N–C) groups is 1. The molecule has 26 heavy (non-hydrogen) atoms. The summed E-state index contributed by atoms with van der Waals surface area (Å²) in [6.45, 7) is 8.79. The van der Waals surface area contributed by atoms with Crippen LogP contribution in [0.1, 0.15) is 27.2 Å². The number of carbonyl (C=O) groups excluding carboxylic acids is 1. The molecule has 1 aliphatic heterocycles. The van der Waals surface area contributed by atoms with Crippen LogP contribution in [0.25, 0.3) is 0 Å². The van der Waals surface area contributed by atoms with E-state index >= 15 is 0 Å². The smallest absolute Gasteiger partial charge is 0.227 e. The maximum absolute atomic E-state index is 12.1. The second kappa shape index (κ2) is 9.12. The van der Waals surface area contributed by atoms with Crippen LogP contribution in [0.15, 0.2) is 29.3 Å². The highest BCUT2D eigenvalue weighted by atomic mass is 35.5. The quantitative estimate of drug-likeness (QED) is 0.523. The molecule has 6 nitrogen and oxygen atoms in total. The summed E-state index contributed by atoms with van der Waals surface area (Å²) < 4.78 is 0. The van der Waals surface area contributed by atoms with Gasteiger partial charge in [-0.05, 0) is 45.4 Å². The number of benzene rings is 1. The number of anilines is 1. The summed E-state index contributed by atoms with van der Waals surface area (Å²) in [7, 11) is 1.75. The third-order valence-electron chi connectivity index (χ3n) is 4.58. The van der Waals surface area contributed by atoms with Gasteiger partial charge < -0.3 is 20.9 Å². The highest BCUT2D eigenvalue weighted by molar-refractivity contribution is 6.30. The lowest BCUT2D eigenvalue weighted by Gasteiger charge is -2.26. The molecule has 1 fully saturated rings. The molecule has 0 aliphatic carbocycles. The van der Waals surface area contributed by atoms with Crippen molar-refractivity contribution in [2.45, 2.75) is 33.2 Å². The average Bonchev–Trinajstić information content (AvgIpc) is 3.07. The summed E-state index contributed by atoms with van der Waals surface area (Å²) in [6.07, 6.45) is 1.02. The van der Waals surface area contributed by atoms with E-state index < -0.39 is 5.41 Å². The Kier molecular flexibility index (Phi) is 7.14. The number of halogens is 1. The van der Waals surface area contributed by atoms with Crippen LogP contribution in [-0.2, 0) is 4.79 Å². The number of hydrogen-bond donors (Lipinski definition) is 3. The molecule has 1 unspecified atom stereocenters. The Morgan fingerprint density at radius 3 is 2.81 bits per heavy atom. The summed E-state index contributed by atoms with van der Waals surface area (Å²) in [4.78, 5) is 18.7. The van der Waals surface area contributed by atoms with E-state index in [1.807, 2.05) is 39.0 Å². The molecule has 0 spiro atoms. The van der Waals surface area contributed by atoms with E-state index in [1.54, 1.807) is 7.05 Å². The minimum absolute atomic E-state index is 0.0379. The van der Waals surface area contributed by atoms with Crippen molar-refractivity contribution in [3.63, 3.8) is 0 Å². The van der Waals surface area contributed by atoms with Gasteiger partial charge in [-0.1, -0.05) is 17.7 Å². The molecular weight excluding hydrogens is 350 g/mol. The van der Waals surface area contributed by atoms with Crippen LogP contribution in [0.2, 0.25) is 5.02 Å². The Morgan fingerprint density at radius 2 is 2.15 bits per heavy atom. The predicted molar refractivity (Wildman–Crippen MR) is 109 cm³/mol. The Hall–Kier alpha value is -1.95. The third kappa shape index (κ3) is 5.53. The number of hydrogen-bond acceptors (Lipinski definition) is 3. The summed E-state index contributed by atoms with van der Waals surface area (Å²) >= 11 is 6.09. The van der Waals surface area contributed by atoms with Gasteiger partial charge in [-0.2, -0.15) is 0 Å². The number of nitrogens with zero attached hydrogens (tertiary/aromatic N) is 2. The lowest BCUT2D eigenvalue weighted by molar-refractivity contribution is -0.128. The Labute approximate surface area is 161 Å². The maximum atomic E-state index is 12.1. The van der Waals surface area contributed by atoms with E-state index in [0.717, 1.165) is 36.2 Å². The van der Waals surface area contributed by atoms with Gasteiger partial charge in [0.2, 0.25) is 5.91 Å². The van der Waals surface area contributed by atoms with Crippen LogP contribution in [0.4, 0.5) is 5.69 Å². The zero-order chi connectivity index (χ0) is 19.2. The van der Waals surface area contributed by atoms with E-state index in [0.29, 0.717) is 19.1 Å². The van der Waals surface area contributed by atoms with Gasteiger partial charge in [-0.3, -0.25) is 9.79 Å². The lowest BCUT2D eigenvalue weighted by atomic mass is 9.92. The fraction of sp³-hybridized carbons (Fsp3) is 0.579. The molecule has 1 atom stereocenters. The largest absolute Gasteiger partial charge is 0.369 e. The first kappa shape index (κ1) is 20.4. The van der Waals surface area contributed by atoms with Crippen molar-refractivity contribution in [1.29, 1.82) is 0 Å². The summed E-state index contributed by atoms with van der Waals surface area (Å²) in [5, 5.41) is 10.4. The first-order valence-corrected chi connectivity index (χ1v) is 9.49. The number of nitrogens with one attached hydrogen (secondary N) is 3. The molecule has 2 rings (SSSR count).